The zero-order chi connectivity index (χ0) is 20.9. The molecule has 30 heavy (non-hydrogen) atoms. The highest BCUT2D eigenvalue weighted by atomic mass is 32.2. The number of thioether (sulfide) groups is 1. The number of rotatable bonds is 6. The molecule has 4 nitrogen and oxygen atoms in total. The first-order valence-corrected chi connectivity index (χ1v) is 11.6. The van der Waals surface area contributed by atoms with Gasteiger partial charge in [0.2, 0.25) is 5.91 Å². The summed E-state index contributed by atoms with van der Waals surface area (Å²) in [6.07, 6.45) is 4.49. The number of ether oxygens (including phenoxy) is 1. The van der Waals surface area contributed by atoms with E-state index in [-0.39, 0.29) is 5.91 Å². The Balaban J connectivity index is 1.63. The Bertz CT molecular complexity index is 1020. The standard InChI is InChI=1S/C25H28N2O2S/c1-3-19-11-7-8-14-27(19)25(28)17-30-24-16-22(18-9-5-4-6-10-18)21-13-12-20(29-2)15-23(21)26-24/h4-6,9-10,12-13,15-16,19H,3,7-8,11,14,17H2,1-2H3/t19-/m0/s1. The van der Waals surface area contributed by atoms with E-state index in [0.29, 0.717) is 11.8 Å². The SMILES string of the molecule is CC[C@H]1CCCCN1C(=O)CSc1cc(-c2ccccc2)c2ccc(OC)cc2n1. The maximum Gasteiger partial charge on any atom is 0.233 e. The fourth-order valence-corrected chi connectivity index (χ4v) is 5.01. The molecule has 1 aromatic heterocycles. The molecule has 5 heteroatoms. The Morgan fingerprint density at radius 3 is 2.77 bits per heavy atom. The summed E-state index contributed by atoms with van der Waals surface area (Å²) in [5.41, 5.74) is 3.16. The number of nitrogens with zero attached hydrogens (tertiary/aromatic N) is 2. The van der Waals surface area contributed by atoms with Crippen molar-refractivity contribution in [3.8, 4) is 16.9 Å². The van der Waals surface area contributed by atoms with Crippen LogP contribution in [0.15, 0.2) is 59.6 Å². The molecular formula is C25H28N2O2S. The van der Waals surface area contributed by atoms with Crippen LogP contribution >= 0.6 is 11.8 Å². The number of methoxy groups -OCH3 is 1. The van der Waals surface area contributed by atoms with Gasteiger partial charge < -0.3 is 9.64 Å². The lowest BCUT2D eigenvalue weighted by molar-refractivity contribution is -0.132. The summed E-state index contributed by atoms with van der Waals surface area (Å²) in [6.45, 7) is 3.06. The maximum absolute atomic E-state index is 12.9. The number of hydrogen-bond acceptors (Lipinski definition) is 4. The summed E-state index contributed by atoms with van der Waals surface area (Å²) in [6, 6.07) is 18.8. The molecule has 0 radical (unpaired) electrons. The van der Waals surface area contributed by atoms with Crippen molar-refractivity contribution < 1.29 is 9.53 Å². The molecule has 0 unspecified atom stereocenters. The average molecular weight is 421 g/mol. The topological polar surface area (TPSA) is 42.4 Å². The predicted molar refractivity (Wildman–Crippen MR) is 124 cm³/mol. The Morgan fingerprint density at radius 1 is 1.17 bits per heavy atom. The van der Waals surface area contributed by atoms with Crippen LogP contribution < -0.4 is 4.74 Å². The number of likely N-dealkylation sites (tertiary alicyclic amines) is 1. The number of carbonyl (C=O) groups is 1. The highest BCUT2D eigenvalue weighted by Crippen LogP contribution is 2.33. The highest BCUT2D eigenvalue weighted by Gasteiger charge is 2.25. The molecule has 0 bridgehead atoms. The summed E-state index contributed by atoms with van der Waals surface area (Å²) in [7, 11) is 1.67. The van der Waals surface area contributed by atoms with Crippen molar-refractivity contribution in [2.75, 3.05) is 19.4 Å². The molecule has 156 valence electrons. The first-order chi connectivity index (χ1) is 14.7. The quantitative estimate of drug-likeness (QED) is 0.473. The van der Waals surface area contributed by atoms with Crippen LogP contribution in [0.4, 0.5) is 0 Å². The number of benzene rings is 2. The smallest absolute Gasteiger partial charge is 0.233 e. The lowest BCUT2D eigenvalue weighted by atomic mass is 10.0. The van der Waals surface area contributed by atoms with Crippen molar-refractivity contribution in [3.05, 3.63) is 54.6 Å². The summed E-state index contributed by atoms with van der Waals surface area (Å²) < 4.78 is 5.40. The van der Waals surface area contributed by atoms with E-state index in [0.717, 1.165) is 58.6 Å². The van der Waals surface area contributed by atoms with E-state index in [1.54, 1.807) is 7.11 Å². The molecule has 2 heterocycles. The lowest BCUT2D eigenvalue weighted by Gasteiger charge is -2.35. The van der Waals surface area contributed by atoms with E-state index in [9.17, 15) is 4.79 Å². The zero-order valence-electron chi connectivity index (χ0n) is 17.6. The van der Waals surface area contributed by atoms with Crippen LogP contribution in [0.25, 0.3) is 22.0 Å². The Morgan fingerprint density at radius 2 is 2.00 bits per heavy atom. The van der Waals surface area contributed by atoms with Crippen molar-refractivity contribution in [1.29, 1.82) is 0 Å². The third kappa shape index (κ3) is 4.46. The number of carbonyl (C=O) groups excluding carboxylic acids is 1. The van der Waals surface area contributed by atoms with Gasteiger partial charge in [-0.25, -0.2) is 4.98 Å². The number of piperidine rings is 1. The first kappa shape index (κ1) is 20.7. The molecule has 0 N–H and O–H groups in total. The fraction of sp³-hybridized carbons (Fsp3) is 0.360. The van der Waals surface area contributed by atoms with Gasteiger partial charge in [0.25, 0.3) is 0 Å². The van der Waals surface area contributed by atoms with Gasteiger partial charge in [0.05, 0.1) is 23.4 Å². The Hall–Kier alpha value is -2.53. The van der Waals surface area contributed by atoms with Crippen LogP contribution in [0.3, 0.4) is 0 Å². The van der Waals surface area contributed by atoms with Gasteiger partial charge in [0, 0.05) is 24.0 Å². The van der Waals surface area contributed by atoms with E-state index >= 15 is 0 Å². The summed E-state index contributed by atoms with van der Waals surface area (Å²) >= 11 is 1.53. The average Bonchev–Trinajstić information content (AvgIpc) is 2.82. The van der Waals surface area contributed by atoms with Gasteiger partial charge >= 0.3 is 0 Å². The van der Waals surface area contributed by atoms with Crippen molar-refractivity contribution in [1.82, 2.24) is 9.88 Å². The second-order valence-electron chi connectivity index (χ2n) is 7.69. The van der Waals surface area contributed by atoms with Crippen LogP contribution in [0.2, 0.25) is 0 Å². The van der Waals surface area contributed by atoms with Crippen LogP contribution in [-0.4, -0.2) is 41.2 Å². The third-order valence-corrected chi connectivity index (χ3v) is 6.74. The van der Waals surface area contributed by atoms with Crippen molar-refractivity contribution in [2.45, 2.75) is 43.7 Å². The van der Waals surface area contributed by atoms with Crippen LogP contribution in [0.5, 0.6) is 5.75 Å². The molecular weight excluding hydrogens is 392 g/mol. The van der Waals surface area contributed by atoms with E-state index in [1.165, 1.54) is 18.2 Å². The van der Waals surface area contributed by atoms with Crippen LogP contribution in [-0.2, 0) is 4.79 Å². The van der Waals surface area contributed by atoms with Gasteiger partial charge in [0.15, 0.2) is 0 Å². The molecule has 0 spiro atoms. The number of hydrogen-bond donors (Lipinski definition) is 0. The number of amides is 1. The Labute approximate surface area is 182 Å². The molecule has 2 aromatic carbocycles. The molecule has 0 aliphatic carbocycles. The van der Waals surface area contributed by atoms with Gasteiger partial charge in [0.1, 0.15) is 5.75 Å². The molecule has 1 amide bonds. The van der Waals surface area contributed by atoms with Crippen molar-refractivity contribution in [2.24, 2.45) is 0 Å². The largest absolute Gasteiger partial charge is 0.497 e. The molecule has 1 fully saturated rings. The number of fused-ring (bicyclic) bond motifs is 1. The minimum absolute atomic E-state index is 0.223. The van der Waals surface area contributed by atoms with Gasteiger partial charge in [-0.15, -0.1) is 0 Å². The third-order valence-electron chi connectivity index (χ3n) is 5.84. The molecule has 0 saturated carbocycles. The molecule has 1 saturated heterocycles. The van der Waals surface area contributed by atoms with Gasteiger partial charge in [-0.05, 0) is 55.0 Å². The maximum atomic E-state index is 12.9. The molecule has 4 rings (SSSR count). The molecule has 3 aromatic rings. The van der Waals surface area contributed by atoms with Crippen molar-refractivity contribution in [3.63, 3.8) is 0 Å². The van der Waals surface area contributed by atoms with E-state index in [2.05, 4.69) is 36.1 Å². The number of aromatic nitrogens is 1. The lowest BCUT2D eigenvalue weighted by Crippen LogP contribution is -2.44. The van der Waals surface area contributed by atoms with Gasteiger partial charge in [-0.1, -0.05) is 49.0 Å². The molecule has 1 atom stereocenters. The van der Waals surface area contributed by atoms with Crippen molar-refractivity contribution >= 4 is 28.6 Å². The highest BCUT2D eigenvalue weighted by molar-refractivity contribution is 7.99. The van der Waals surface area contributed by atoms with Gasteiger partial charge in [-0.2, -0.15) is 0 Å². The second-order valence-corrected chi connectivity index (χ2v) is 8.69. The van der Waals surface area contributed by atoms with Gasteiger partial charge in [-0.3, -0.25) is 4.79 Å². The number of pyridine rings is 1. The summed E-state index contributed by atoms with van der Waals surface area (Å²) in [5.74, 6) is 1.43. The first-order valence-electron chi connectivity index (χ1n) is 10.7. The predicted octanol–water partition coefficient (Wildman–Crippen LogP) is 5.79. The molecule has 1 aliphatic rings. The summed E-state index contributed by atoms with van der Waals surface area (Å²) in [4.78, 5) is 19.8. The van der Waals surface area contributed by atoms with E-state index in [1.807, 2.05) is 30.3 Å². The summed E-state index contributed by atoms with van der Waals surface area (Å²) in [5, 5.41) is 1.95. The second kappa shape index (κ2) is 9.52. The zero-order valence-corrected chi connectivity index (χ0v) is 18.5. The minimum Gasteiger partial charge on any atom is -0.497 e. The fourth-order valence-electron chi connectivity index (χ4n) is 4.21. The minimum atomic E-state index is 0.223. The van der Waals surface area contributed by atoms with E-state index < -0.39 is 0 Å². The normalized spacial score (nSPS) is 16.6. The Kier molecular flexibility index (Phi) is 6.58. The van der Waals surface area contributed by atoms with E-state index in [4.69, 9.17) is 9.72 Å². The molecule has 1 aliphatic heterocycles. The van der Waals surface area contributed by atoms with Crippen LogP contribution in [0.1, 0.15) is 32.6 Å². The monoisotopic (exact) mass is 420 g/mol. The van der Waals surface area contributed by atoms with Crippen LogP contribution in [0, 0.1) is 0 Å².